The lowest BCUT2D eigenvalue weighted by molar-refractivity contribution is 0.182. The minimum absolute atomic E-state index is 0.0511. The van der Waals surface area contributed by atoms with Gasteiger partial charge in [-0.25, -0.2) is 14.4 Å². The largest absolute Gasteiger partial charge is 0.492 e. The number of aromatic nitrogens is 2. The normalized spacial score (nSPS) is 17.2. The second-order valence-corrected chi connectivity index (χ2v) is 9.47. The summed E-state index contributed by atoms with van der Waals surface area (Å²) < 4.78 is 26.2. The Bertz CT molecular complexity index is 1130. The summed E-state index contributed by atoms with van der Waals surface area (Å²) in [4.78, 5) is 11.4. The Morgan fingerprint density at radius 2 is 1.85 bits per heavy atom. The first-order valence-corrected chi connectivity index (χ1v) is 12.6. The standard InChI is InChI=1S/C26H30ClFN4O2/c27-21-14-18(8-9-22(21)28)31-26-25-23(29-17-30-26)15-20(16-24(25)34-19-6-2-3-7-19)33-13-12-32-10-4-1-5-11-32/h8-9,14-17,19H,1-7,10-13H2,(H,29,30,31). The summed E-state index contributed by atoms with van der Waals surface area (Å²) in [6, 6.07) is 8.38. The molecule has 1 saturated carbocycles. The molecule has 0 amide bonds. The van der Waals surface area contributed by atoms with Gasteiger partial charge in [-0.15, -0.1) is 0 Å². The van der Waals surface area contributed by atoms with Gasteiger partial charge in [0, 0.05) is 24.4 Å². The van der Waals surface area contributed by atoms with E-state index in [1.54, 1.807) is 12.1 Å². The van der Waals surface area contributed by atoms with Gasteiger partial charge in [-0.3, -0.25) is 4.90 Å². The maximum absolute atomic E-state index is 13.6. The maximum atomic E-state index is 13.6. The summed E-state index contributed by atoms with van der Waals surface area (Å²) in [5.74, 6) is 1.57. The van der Waals surface area contributed by atoms with Gasteiger partial charge in [0.05, 0.1) is 22.0 Å². The molecule has 0 spiro atoms. The highest BCUT2D eigenvalue weighted by Gasteiger charge is 2.21. The SMILES string of the molecule is Fc1ccc(Nc2ncnc3cc(OCCN4CCCCC4)cc(OC4CCCC4)c23)cc1Cl. The first kappa shape index (κ1) is 23.1. The highest BCUT2D eigenvalue weighted by Crippen LogP contribution is 2.38. The van der Waals surface area contributed by atoms with E-state index in [0.29, 0.717) is 23.9 Å². The zero-order valence-electron chi connectivity index (χ0n) is 19.2. The molecule has 8 heteroatoms. The molecule has 2 aliphatic rings. The molecular formula is C26H30ClFN4O2. The van der Waals surface area contributed by atoms with Crippen molar-refractivity contribution in [1.82, 2.24) is 14.9 Å². The first-order valence-electron chi connectivity index (χ1n) is 12.2. The van der Waals surface area contributed by atoms with E-state index in [1.807, 2.05) is 12.1 Å². The van der Waals surface area contributed by atoms with E-state index < -0.39 is 5.82 Å². The lowest BCUT2D eigenvalue weighted by Gasteiger charge is -2.26. The van der Waals surface area contributed by atoms with Crippen LogP contribution < -0.4 is 14.8 Å². The predicted octanol–water partition coefficient (Wildman–Crippen LogP) is 6.35. The lowest BCUT2D eigenvalue weighted by atomic mass is 10.1. The van der Waals surface area contributed by atoms with Gasteiger partial charge in [0.2, 0.25) is 0 Å². The van der Waals surface area contributed by atoms with Crippen LogP contribution in [0.3, 0.4) is 0 Å². The zero-order chi connectivity index (χ0) is 23.3. The lowest BCUT2D eigenvalue weighted by Crippen LogP contribution is -2.33. The average Bonchev–Trinajstić information content (AvgIpc) is 3.35. The number of hydrogen-bond acceptors (Lipinski definition) is 6. The number of rotatable bonds is 8. The molecule has 3 aromatic rings. The minimum Gasteiger partial charge on any atom is -0.492 e. The van der Waals surface area contributed by atoms with Crippen LogP contribution in [0.5, 0.6) is 11.5 Å². The van der Waals surface area contributed by atoms with Gasteiger partial charge in [-0.1, -0.05) is 18.0 Å². The molecule has 2 heterocycles. The Labute approximate surface area is 204 Å². The summed E-state index contributed by atoms with van der Waals surface area (Å²) in [6.45, 7) is 3.83. The van der Waals surface area contributed by atoms with Crippen LogP contribution in [0, 0.1) is 5.82 Å². The summed E-state index contributed by atoms with van der Waals surface area (Å²) in [7, 11) is 0. The fourth-order valence-corrected chi connectivity index (χ4v) is 4.95. The highest BCUT2D eigenvalue weighted by atomic mass is 35.5. The number of nitrogens with one attached hydrogen (secondary N) is 1. The second-order valence-electron chi connectivity index (χ2n) is 9.07. The van der Waals surface area contributed by atoms with E-state index >= 15 is 0 Å². The maximum Gasteiger partial charge on any atom is 0.145 e. The van der Waals surface area contributed by atoms with E-state index in [0.717, 1.165) is 49.1 Å². The van der Waals surface area contributed by atoms with Gasteiger partial charge >= 0.3 is 0 Å². The molecule has 0 atom stereocenters. The quantitative estimate of drug-likeness (QED) is 0.402. The van der Waals surface area contributed by atoms with Crippen molar-refractivity contribution in [3.8, 4) is 11.5 Å². The number of piperidine rings is 1. The fraction of sp³-hybridized carbons (Fsp3) is 0.462. The van der Waals surface area contributed by atoms with Crippen molar-refractivity contribution in [2.24, 2.45) is 0 Å². The average molecular weight is 485 g/mol. The molecule has 5 rings (SSSR count). The Hall–Kier alpha value is -2.64. The van der Waals surface area contributed by atoms with Crippen LogP contribution in [-0.4, -0.2) is 47.2 Å². The number of fused-ring (bicyclic) bond motifs is 1. The fourth-order valence-electron chi connectivity index (χ4n) is 4.77. The van der Waals surface area contributed by atoms with Gasteiger partial charge in [0.15, 0.2) is 0 Å². The molecule has 34 heavy (non-hydrogen) atoms. The summed E-state index contributed by atoms with van der Waals surface area (Å²) in [6.07, 6.45) is 9.94. The molecule has 180 valence electrons. The van der Waals surface area contributed by atoms with Crippen LogP contribution in [0.25, 0.3) is 10.9 Å². The van der Waals surface area contributed by atoms with E-state index in [-0.39, 0.29) is 11.1 Å². The molecule has 1 N–H and O–H groups in total. The van der Waals surface area contributed by atoms with Crippen LogP contribution in [-0.2, 0) is 0 Å². The van der Waals surface area contributed by atoms with E-state index in [2.05, 4.69) is 20.2 Å². The molecule has 0 radical (unpaired) electrons. The third kappa shape index (κ3) is 5.53. The predicted molar refractivity (Wildman–Crippen MR) is 133 cm³/mol. The highest BCUT2D eigenvalue weighted by molar-refractivity contribution is 6.31. The van der Waals surface area contributed by atoms with Crippen LogP contribution in [0.15, 0.2) is 36.7 Å². The van der Waals surface area contributed by atoms with Crippen molar-refractivity contribution in [2.75, 3.05) is 31.6 Å². The number of halogens is 2. The summed E-state index contributed by atoms with van der Waals surface area (Å²) >= 11 is 5.98. The Kier molecular flexibility index (Phi) is 7.30. The molecular weight excluding hydrogens is 455 g/mol. The van der Waals surface area contributed by atoms with Gasteiger partial charge < -0.3 is 14.8 Å². The molecule has 1 aromatic heterocycles. The van der Waals surface area contributed by atoms with Crippen molar-refractivity contribution >= 4 is 34.0 Å². The zero-order valence-corrected chi connectivity index (χ0v) is 20.0. The van der Waals surface area contributed by atoms with Crippen LogP contribution >= 0.6 is 11.6 Å². The van der Waals surface area contributed by atoms with Crippen molar-refractivity contribution in [2.45, 2.75) is 51.0 Å². The van der Waals surface area contributed by atoms with Crippen LogP contribution in [0.4, 0.5) is 15.9 Å². The minimum atomic E-state index is -0.462. The molecule has 1 saturated heterocycles. The van der Waals surface area contributed by atoms with E-state index in [1.165, 1.54) is 44.5 Å². The number of likely N-dealkylation sites (tertiary alicyclic amines) is 1. The number of anilines is 2. The Morgan fingerprint density at radius 3 is 2.65 bits per heavy atom. The van der Waals surface area contributed by atoms with Gasteiger partial charge in [0.1, 0.15) is 36.1 Å². The number of ether oxygens (including phenoxy) is 2. The topological polar surface area (TPSA) is 59.5 Å². The molecule has 1 aliphatic carbocycles. The van der Waals surface area contributed by atoms with Crippen molar-refractivity contribution in [1.29, 1.82) is 0 Å². The monoisotopic (exact) mass is 484 g/mol. The van der Waals surface area contributed by atoms with Gasteiger partial charge in [-0.2, -0.15) is 0 Å². The van der Waals surface area contributed by atoms with Crippen molar-refractivity contribution in [3.05, 3.63) is 47.5 Å². The van der Waals surface area contributed by atoms with Crippen molar-refractivity contribution < 1.29 is 13.9 Å². The van der Waals surface area contributed by atoms with Gasteiger partial charge in [-0.05, 0) is 69.8 Å². The number of hydrogen-bond donors (Lipinski definition) is 1. The molecule has 2 aromatic carbocycles. The smallest absolute Gasteiger partial charge is 0.145 e. The van der Waals surface area contributed by atoms with Crippen LogP contribution in [0.2, 0.25) is 5.02 Å². The molecule has 2 fully saturated rings. The Morgan fingerprint density at radius 1 is 1.03 bits per heavy atom. The van der Waals surface area contributed by atoms with Crippen LogP contribution in [0.1, 0.15) is 44.9 Å². The van der Waals surface area contributed by atoms with E-state index in [4.69, 9.17) is 21.1 Å². The third-order valence-electron chi connectivity index (χ3n) is 6.58. The Balaban J connectivity index is 1.42. The summed E-state index contributed by atoms with van der Waals surface area (Å²) in [5, 5.41) is 4.08. The number of benzene rings is 2. The molecule has 0 bridgehead atoms. The third-order valence-corrected chi connectivity index (χ3v) is 6.87. The van der Waals surface area contributed by atoms with Crippen molar-refractivity contribution in [3.63, 3.8) is 0 Å². The summed E-state index contributed by atoms with van der Waals surface area (Å²) in [5.41, 5.74) is 1.37. The number of nitrogens with zero attached hydrogens (tertiary/aromatic N) is 3. The van der Waals surface area contributed by atoms with E-state index in [9.17, 15) is 4.39 Å². The van der Waals surface area contributed by atoms with Gasteiger partial charge in [0.25, 0.3) is 0 Å². The second kappa shape index (κ2) is 10.7. The molecule has 0 unspecified atom stereocenters. The first-order chi connectivity index (χ1) is 16.7. The molecule has 1 aliphatic heterocycles. The molecule has 6 nitrogen and oxygen atoms in total.